The van der Waals surface area contributed by atoms with E-state index in [0.717, 1.165) is 27.5 Å². The minimum absolute atomic E-state index is 0.600. The summed E-state index contributed by atoms with van der Waals surface area (Å²) in [4.78, 5) is 3.29. The van der Waals surface area contributed by atoms with E-state index in [4.69, 9.17) is 22.1 Å². The van der Waals surface area contributed by atoms with Crippen molar-refractivity contribution >= 4 is 38.4 Å². The van der Waals surface area contributed by atoms with Gasteiger partial charge < -0.3 is 15.5 Å². The molecular weight excluding hydrogens is 291 g/mol. The zero-order valence-corrected chi connectivity index (χ0v) is 11.2. The van der Waals surface area contributed by atoms with Crippen molar-refractivity contribution in [3.63, 3.8) is 0 Å². The second-order valence-corrected chi connectivity index (χ2v) is 4.69. The Labute approximate surface area is 107 Å². The third kappa shape index (κ3) is 1.93. The summed E-state index contributed by atoms with van der Waals surface area (Å²) in [6.45, 7) is 0.607. The number of hydrogen-bond acceptors (Lipinski definition) is 2. The molecule has 0 saturated heterocycles. The maximum Gasteiger partial charge on any atom is 0.138 e. The van der Waals surface area contributed by atoms with Gasteiger partial charge in [-0.2, -0.15) is 0 Å². The van der Waals surface area contributed by atoms with Gasteiger partial charge in [0.25, 0.3) is 0 Å². The lowest BCUT2D eigenvalue weighted by Gasteiger charge is -2.02. The average Bonchev–Trinajstić information content (AvgIpc) is 2.55. The lowest BCUT2D eigenvalue weighted by Crippen LogP contribution is -2.03. The molecule has 0 saturated carbocycles. The van der Waals surface area contributed by atoms with Crippen LogP contribution in [-0.4, -0.2) is 18.6 Å². The fourth-order valence-corrected chi connectivity index (χ4v) is 2.56. The number of nitrogens with two attached hydrogens (primary N) is 1. The summed E-state index contributed by atoms with van der Waals surface area (Å²) >= 11 is 9.61. The second-order valence-electron chi connectivity index (χ2n) is 3.49. The van der Waals surface area contributed by atoms with Gasteiger partial charge in [-0.3, -0.25) is 0 Å². The highest BCUT2D eigenvalue weighted by molar-refractivity contribution is 9.10. The van der Waals surface area contributed by atoms with E-state index in [2.05, 4.69) is 20.9 Å². The summed E-state index contributed by atoms with van der Waals surface area (Å²) in [7, 11) is 1.61. The zero-order chi connectivity index (χ0) is 11.7. The number of rotatable bonds is 3. The number of benzene rings is 1. The molecule has 0 aliphatic carbocycles. The number of ether oxygens (including phenoxy) is 1. The summed E-state index contributed by atoms with van der Waals surface area (Å²) in [5.41, 5.74) is 7.62. The number of nitrogens with one attached hydrogen (secondary N) is 1. The fourth-order valence-electron chi connectivity index (χ4n) is 1.69. The molecule has 2 aromatic rings. The molecule has 1 heterocycles. The Balaban J connectivity index is 2.63. The average molecular weight is 304 g/mol. The minimum atomic E-state index is 0.600. The van der Waals surface area contributed by atoms with Crippen molar-refractivity contribution < 1.29 is 4.74 Å². The fraction of sp³-hybridized carbons (Fsp3) is 0.273. The molecule has 3 N–H and O–H groups in total. The molecule has 5 heteroatoms. The summed E-state index contributed by atoms with van der Waals surface area (Å²) in [6.07, 6.45) is 0.801. The van der Waals surface area contributed by atoms with Crippen LogP contribution >= 0.6 is 27.5 Å². The number of hydrogen-bond donors (Lipinski definition) is 2. The SMILES string of the molecule is COc1cc2c(Br)c(CCN)[nH]c2cc1Cl. The summed E-state index contributed by atoms with van der Waals surface area (Å²) < 4.78 is 6.22. The monoisotopic (exact) mass is 302 g/mol. The molecule has 0 aliphatic heterocycles. The van der Waals surface area contributed by atoms with Gasteiger partial charge in [-0.1, -0.05) is 11.6 Å². The predicted octanol–water partition coefficient (Wildman–Crippen LogP) is 3.09. The first-order valence-corrected chi connectivity index (χ1v) is 6.08. The van der Waals surface area contributed by atoms with Crippen molar-refractivity contribution in [3.8, 4) is 5.75 Å². The van der Waals surface area contributed by atoms with Crippen molar-refractivity contribution in [2.45, 2.75) is 6.42 Å². The van der Waals surface area contributed by atoms with E-state index in [1.807, 2.05) is 12.1 Å². The van der Waals surface area contributed by atoms with Gasteiger partial charge >= 0.3 is 0 Å². The molecule has 86 valence electrons. The van der Waals surface area contributed by atoms with Gasteiger partial charge in [-0.25, -0.2) is 0 Å². The van der Waals surface area contributed by atoms with Crippen molar-refractivity contribution in [1.82, 2.24) is 4.98 Å². The number of fused-ring (bicyclic) bond motifs is 1. The highest BCUT2D eigenvalue weighted by Gasteiger charge is 2.11. The van der Waals surface area contributed by atoms with E-state index in [1.165, 1.54) is 0 Å². The largest absolute Gasteiger partial charge is 0.495 e. The van der Waals surface area contributed by atoms with Crippen LogP contribution in [0.2, 0.25) is 5.02 Å². The summed E-state index contributed by atoms with van der Waals surface area (Å²) in [5.74, 6) is 0.674. The minimum Gasteiger partial charge on any atom is -0.495 e. The van der Waals surface area contributed by atoms with Crippen LogP contribution in [0.25, 0.3) is 10.9 Å². The van der Waals surface area contributed by atoms with Gasteiger partial charge in [0.05, 0.1) is 12.1 Å². The van der Waals surface area contributed by atoms with Crippen molar-refractivity contribution in [2.24, 2.45) is 5.73 Å². The highest BCUT2D eigenvalue weighted by atomic mass is 79.9. The van der Waals surface area contributed by atoms with Crippen LogP contribution in [0.1, 0.15) is 5.69 Å². The normalized spacial score (nSPS) is 11.0. The molecule has 0 fully saturated rings. The van der Waals surface area contributed by atoms with Crippen LogP contribution in [0, 0.1) is 0 Å². The van der Waals surface area contributed by atoms with Crippen molar-refractivity contribution in [2.75, 3.05) is 13.7 Å². The molecule has 0 atom stereocenters. The van der Waals surface area contributed by atoms with Gasteiger partial charge in [-0.05, 0) is 34.6 Å². The van der Waals surface area contributed by atoms with Gasteiger partial charge in [0.15, 0.2) is 0 Å². The van der Waals surface area contributed by atoms with Crippen molar-refractivity contribution in [3.05, 3.63) is 27.3 Å². The molecule has 0 bridgehead atoms. The summed E-state index contributed by atoms with van der Waals surface area (Å²) in [6, 6.07) is 3.78. The van der Waals surface area contributed by atoms with Gasteiger partial charge in [0, 0.05) is 27.5 Å². The first-order valence-electron chi connectivity index (χ1n) is 4.91. The molecule has 1 aromatic carbocycles. The van der Waals surface area contributed by atoms with Crippen LogP contribution < -0.4 is 10.5 Å². The zero-order valence-electron chi connectivity index (χ0n) is 8.81. The van der Waals surface area contributed by atoms with Crippen LogP contribution in [0.5, 0.6) is 5.75 Å². The molecule has 0 unspecified atom stereocenters. The lowest BCUT2D eigenvalue weighted by molar-refractivity contribution is 0.415. The number of halogens is 2. The van der Waals surface area contributed by atoms with E-state index in [9.17, 15) is 0 Å². The molecule has 0 aliphatic rings. The Morgan fingerprint density at radius 2 is 2.25 bits per heavy atom. The Bertz CT molecular complexity index is 524. The topological polar surface area (TPSA) is 51.0 Å². The molecule has 3 nitrogen and oxygen atoms in total. The van der Waals surface area contributed by atoms with E-state index in [0.29, 0.717) is 17.3 Å². The molecule has 0 spiro atoms. The standard InChI is InChI=1S/C11H12BrClN2O/c1-16-10-4-6-9(5-7(10)13)15-8(2-3-14)11(6)12/h4-5,15H,2-3,14H2,1H3. The van der Waals surface area contributed by atoms with E-state index in [-0.39, 0.29) is 0 Å². The Hall–Kier alpha value is -0.710. The second kappa shape index (κ2) is 4.65. The van der Waals surface area contributed by atoms with Crippen LogP contribution in [0.4, 0.5) is 0 Å². The highest BCUT2D eigenvalue weighted by Crippen LogP contribution is 2.35. The smallest absolute Gasteiger partial charge is 0.138 e. The van der Waals surface area contributed by atoms with Crippen molar-refractivity contribution in [1.29, 1.82) is 0 Å². The predicted molar refractivity (Wildman–Crippen MR) is 70.3 cm³/mol. The first-order chi connectivity index (χ1) is 7.67. The van der Waals surface area contributed by atoms with E-state index >= 15 is 0 Å². The summed E-state index contributed by atoms with van der Waals surface area (Å²) in [5, 5.41) is 1.66. The molecule has 2 rings (SSSR count). The molecule has 16 heavy (non-hydrogen) atoms. The Morgan fingerprint density at radius 1 is 1.50 bits per heavy atom. The van der Waals surface area contributed by atoms with E-state index < -0.39 is 0 Å². The number of aromatic amines is 1. The van der Waals surface area contributed by atoms with Crippen LogP contribution in [0.3, 0.4) is 0 Å². The van der Waals surface area contributed by atoms with Gasteiger partial charge in [0.1, 0.15) is 5.75 Å². The molecule has 0 radical (unpaired) electrons. The van der Waals surface area contributed by atoms with Gasteiger partial charge in [-0.15, -0.1) is 0 Å². The number of aromatic nitrogens is 1. The molecule has 1 aromatic heterocycles. The maximum absolute atomic E-state index is 6.06. The number of H-pyrrole nitrogens is 1. The first kappa shape index (κ1) is 11.8. The van der Waals surface area contributed by atoms with Gasteiger partial charge in [0.2, 0.25) is 0 Å². The molecule has 0 amide bonds. The molecular formula is C11H12BrClN2O. The third-order valence-corrected chi connectivity index (χ3v) is 3.67. The van der Waals surface area contributed by atoms with E-state index in [1.54, 1.807) is 7.11 Å². The maximum atomic E-state index is 6.06. The van der Waals surface area contributed by atoms with Crippen LogP contribution in [0.15, 0.2) is 16.6 Å². The quantitative estimate of drug-likeness (QED) is 0.915. The Morgan fingerprint density at radius 3 is 2.88 bits per heavy atom. The third-order valence-electron chi connectivity index (χ3n) is 2.47. The Kier molecular flexibility index (Phi) is 3.42. The number of methoxy groups -OCH3 is 1. The lowest BCUT2D eigenvalue weighted by atomic mass is 10.2. The van der Waals surface area contributed by atoms with Crippen LogP contribution in [-0.2, 0) is 6.42 Å².